The number of aromatic amines is 2. The minimum atomic E-state index is -1.93. The Morgan fingerprint density at radius 3 is 2.27 bits per heavy atom. The van der Waals surface area contributed by atoms with E-state index in [0.717, 1.165) is 21.4 Å². The lowest BCUT2D eigenvalue weighted by Crippen LogP contribution is -2.64. The van der Waals surface area contributed by atoms with E-state index in [4.69, 9.17) is 5.73 Å². The van der Waals surface area contributed by atoms with Gasteiger partial charge in [0, 0.05) is 61.8 Å². The van der Waals surface area contributed by atoms with Crippen molar-refractivity contribution >= 4 is 64.1 Å². The highest BCUT2D eigenvalue weighted by molar-refractivity contribution is 5.99. The molecule has 21 heteroatoms. The summed E-state index contributed by atoms with van der Waals surface area (Å²) in [6, 6.07) is -2.03. The van der Waals surface area contributed by atoms with Crippen LogP contribution >= 0.6 is 0 Å². The molecule has 2 aromatic heterocycles. The molecule has 2 aliphatic rings. The van der Waals surface area contributed by atoms with Crippen LogP contribution in [0.15, 0.2) is 43.0 Å². The predicted octanol–water partition coefficient (Wildman–Crippen LogP) is 0.833. The number of carboxylic acid groups (broad SMARTS) is 1. The highest BCUT2D eigenvalue weighted by Gasteiger charge is 2.44. The van der Waals surface area contributed by atoms with Crippen LogP contribution in [0.3, 0.4) is 0 Å². The predicted molar refractivity (Wildman–Crippen MR) is 244 cm³/mol. The van der Waals surface area contributed by atoms with Crippen molar-refractivity contribution in [3.8, 4) is 0 Å². The number of carboxylic acids is 1. The fourth-order valence-corrected chi connectivity index (χ4v) is 8.85. The number of para-hydroxylation sites is 1. The zero-order valence-corrected chi connectivity index (χ0v) is 38.4. The number of primary amides is 1. The summed E-state index contributed by atoms with van der Waals surface area (Å²) in [6.45, 7) is 5.19. The number of fused-ring (bicyclic) bond motifs is 2. The number of imidazole rings is 1. The van der Waals surface area contributed by atoms with Crippen molar-refractivity contribution in [3.63, 3.8) is 0 Å². The Morgan fingerprint density at radius 2 is 1.58 bits per heavy atom. The van der Waals surface area contributed by atoms with Crippen molar-refractivity contribution in [2.24, 2.45) is 5.73 Å². The molecule has 2 saturated heterocycles. The van der Waals surface area contributed by atoms with Crippen LogP contribution < -0.4 is 32.3 Å². The Balaban J connectivity index is 1.59. The molecule has 2 fully saturated rings. The molecule has 0 radical (unpaired) electrons. The molecule has 0 unspecified atom stereocenters. The number of aliphatic carboxylic acids is 1. The molecule has 0 aliphatic carbocycles. The van der Waals surface area contributed by atoms with Gasteiger partial charge in [-0.2, -0.15) is 0 Å². The average molecular weight is 932 g/mol. The summed E-state index contributed by atoms with van der Waals surface area (Å²) in [7, 11) is 0. The normalized spacial score (nSPS) is 23.2. The monoisotopic (exact) mass is 931 g/mol. The lowest BCUT2D eigenvalue weighted by atomic mass is 9.98. The van der Waals surface area contributed by atoms with Gasteiger partial charge in [0.1, 0.15) is 42.3 Å². The molecule has 1 aromatic carbocycles. The van der Waals surface area contributed by atoms with E-state index >= 15 is 0 Å². The summed E-state index contributed by atoms with van der Waals surface area (Å²) < 4.78 is 0. The van der Waals surface area contributed by atoms with Gasteiger partial charge in [0.05, 0.1) is 12.7 Å². The van der Waals surface area contributed by atoms with Gasteiger partial charge in [-0.3, -0.25) is 43.2 Å². The minimum absolute atomic E-state index is 0.0405. The summed E-state index contributed by atoms with van der Waals surface area (Å²) in [6.07, 6.45) is 6.72. The maximum absolute atomic E-state index is 14.7. The number of hydrogen-bond acceptors (Lipinski definition) is 10. The van der Waals surface area contributed by atoms with Crippen molar-refractivity contribution in [1.82, 2.24) is 51.3 Å². The molecule has 10 N–H and O–H groups in total. The molecule has 7 atom stereocenters. The Hall–Kier alpha value is -6.80. The first kappa shape index (κ1) is 51.2. The Morgan fingerprint density at radius 1 is 0.866 bits per heavy atom. The first-order valence-electron chi connectivity index (χ1n) is 23.2. The summed E-state index contributed by atoms with van der Waals surface area (Å²) in [4.78, 5) is 138. The van der Waals surface area contributed by atoms with E-state index in [2.05, 4.69) is 41.5 Å². The Labute approximate surface area is 388 Å². The average Bonchev–Trinajstić information content (AvgIpc) is 4.09. The standard InChI is InChI=1S/C46H65N11O10/c1-4-6-14-32-45(66)56-20-12-18-37(56)43(64)54-34(21-28-24-50-31-16-9-8-13-30(28)31)41(62)49-19-11-10-17-36(40(47)61)57(46(67)33(15-7-5-2)52-27(3)58)38(23-39(59)60)44(65)55-35(42(63)53-32)22-29-25-48-26-51-29/h8-9,13,16,24-26,32-38,50H,4-7,10-12,14-15,17-23H2,1-3H3,(H2,47,61)(H,48,51)(H,49,62)(H,52,58)(H,53,63)(H,54,64)(H,55,65)(H,59,60)/t32-,33+,34+,35+,36+,37+,38+/m1/s1. The number of nitrogens with two attached hydrogens (primary N) is 1. The summed E-state index contributed by atoms with van der Waals surface area (Å²) in [5.41, 5.74) is 7.96. The molecule has 0 spiro atoms. The van der Waals surface area contributed by atoms with Gasteiger partial charge in [-0.1, -0.05) is 57.7 Å². The van der Waals surface area contributed by atoms with E-state index in [1.54, 1.807) is 6.20 Å². The Bertz CT molecular complexity index is 2230. The van der Waals surface area contributed by atoms with Crippen LogP contribution in [0.5, 0.6) is 0 Å². The molecule has 67 heavy (non-hydrogen) atoms. The van der Waals surface area contributed by atoms with E-state index in [0.29, 0.717) is 44.2 Å². The second-order valence-electron chi connectivity index (χ2n) is 17.3. The molecule has 5 rings (SSSR count). The van der Waals surface area contributed by atoms with Crippen molar-refractivity contribution in [1.29, 1.82) is 0 Å². The molecule has 21 nitrogen and oxygen atoms in total. The lowest BCUT2D eigenvalue weighted by Gasteiger charge is -2.38. The number of H-pyrrole nitrogens is 2. The lowest BCUT2D eigenvalue weighted by molar-refractivity contribution is -0.154. The third kappa shape index (κ3) is 13.9. The number of unbranched alkanes of at least 4 members (excludes halogenated alkanes) is 2. The van der Waals surface area contributed by atoms with Gasteiger partial charge >= 0.3 is 5.97 Å². The van der Waals surface area contributed by atoms with Gasteiger partial charge in [-0.05, 0) is 56.6 Å². The van der Waals surface area contributed by atoms with Gasteiger partial charge in [-0.15, -0.1) is 0 Å². The van der Waals surface area contributed by atoms with Gasteiger partial charge in [0.2, 0.25) is 47.3 Å². The second-order valence-corrected chi connectivity index (χ2v) is 17.3. The number of nitrogens with zero attached hydrogens (tertiary/aromatic N) is 3. The SMILES string of the molecule is CCCC[C@H](NC(C)=O)C(=O)N1[C@H](C(N)=O)CCCCNC(=O)[C@H](Cc2c[nH]c3ccccc23)NC(=O)[C@@H]2CCCN2C(=O)[C@@H](CCCC)NC(=O)[C@H](Cc2cnc[nH]2)NC(=O)[C@@H]1CC(=O)O. The number of aromatic nitrogens is 3. The fraction of sp³-hybridized carbons (Fsp3) is 0.565. The molecule has 0 saturated carbocycles. The van der Waals surface area contributed by atoms with Crippen molar-refractivity contribution in [2.75, 3.05) is 13.1 Å². The maximum atomic E-state index is 14.7. The number of benzene rings is 1. The molecule has 2 aliphatic heterocycles. The third-order valence-corrected chi connectivity index (χ3v) is 12.3. The first-order valence-corrected chi connectivity index (χ1v) is 23.2. The van der Waals surface area contributed by atoms with Crippen LogP contribution in [0.4, 0.5) is 0 Å². The van der Waals surface area contributed by atoms with Crippen molar-refractivity contribution < 1.29 is 48.3 Å². The van der Waals surface area contributed by atoms with Crippen molar-refractivity contribution in [3.05, 3.63) is 54.2 Å². The van der Waals surface area contributed by atoms with Crippen LogP contribution in [-0.4, -0.2) is 138 Å². The molecule has 0 bridgehead atoms. The number of nitrogens with one attached hydrogen (secondary N) is 7. The van der Waals surface area contributed by atoms with Gasteiger partial charge in [-0.25, -0.2) is 4.98 Å². The zero-order chi connectivity index (χ0) is 48.6. The van der Waals surface area contributed by atoms with Crippen LogP contribution in [0.2, 0.25) is 0 Å². The van der Waals surface area contributed by atoms with Gasteiger partial charge in [0.15, 0.2) is 0 Å². The molecular formula is C46H65N11O10. The van der Waals surface area contributed by atoms with E-state index in [-0.39, 0.29) is 58.0 Å². The molecular weight excluding hydrogens is 867 g/mol. The number of carbonyl (C=O) groups is 9. The summed E-state index contributed by atoms with van der Waals surface area (Å²) >= 11 is 0. The highest BCUT2D eigenvalue weighted by Crippen LogP contribution is 2.24. The maximum Gasteiger partial charge on any atom is 0.305 e. The topological polar surface area (TPSA) is 311 Å². The number of rotatable bonds is 15. The second kappa shape index (κ2) is 24.6. The summed E-state index contributed by atoms with van der Waals surface area (Å²) in [5.74, 6) is -7.68. The first-order chi connectivity index (χ1) is 32.1. The fourth-order valence-electron chi connectivity index (χ4n) is 8.85. The Kier molecular flexibility index (Phi) is 18.8. The number of amides is 8. The quantitative estimate of drug-likeness (QED) is 0.103. The van der Waals surface area contributed by atoms with E-state index < -0.39 is 102 Å². The third-order valence-electron chi connectivity index (χ3n) is 12.3. The van der Waals surface area contributed by atoms with E-state index in [9.17, 15) is 48.3 Å². The van der Waals surface area contributed by atoms with Gasteiger partial charge < -0.3 is 57.2 Å². The molecule has 364 valence electrons. The van der Waals surface area contributed by atoms with Crippen LogP contribution in [0, 0.1) is 0 Å². The highest BCUT2D eigenvalue weighted by atomic mass is 16.4. The van der Waals surface area contributed by atoms with Crippen LogP contribution in [0.1, 0.15) is 109 Å². The smallest absolute Gasteiger partial charge is 0.305 e. The number of carbonyl (C=O) groups excluding carboxylic acids is 8. The van der Waals surface area contributed by atoms with Crippen molar-refractivity contribution in [2.45, 2.75) is 153 Å². The molecule has 8 amide bonds. The summed E-state index contributed by atoms with van der Waals surface area (Å²) in [5, 5.41) is 24.8. The zero-order valence-electron chi connectivity index (χ0n) is 38.4. The van der Waals surface area contributed by atoms with E-state index in [1.807, 2.05) is 38.1 Å². The molecule has 3 aromatic rings. The van der Waals surface area contributed by atoms with Crippen LogP contribution in [-0.2, 0) is 56.0 Å². The van der Waals surface area contributed by atoms with Gasteiger partial charge in [0.25, 0.3) is 0 Å². The number of hydrogen-bond donors (Lipinski definition) is 9. The molecule has 4 heterocycles. The largest absolute Gasteiger partial charge is 0.481 e. The van der Waals surface area contributed by atoms with E-state index in [1.165, 1.54) is 24.3 Å². The minimum Gasteiger partial charge on any atom is -0.481 e. The van der Waals surface area contributed by atoms with Crippen LogP contribution in [0.25, 0.3) is 10.9 Å².